The molecule has 0 aliphatic heterocycles. The minimum absolute atomic E-state index is 0.180. The fourth-order valence-corrected chi connectivity index (χ4v) is 3.67. The van der Waals surface area contributed by atoms with Gasteiger partial charge in [-0.3, -0.25) is 0 Å². The molecule has 0 nitrogen and oxygen atoms in total. The van der Waals surface area contributed by atoms with E-state index in [4.69, 9.17) is 0 Å². The third kappa shape index (κ3) is 3.21. The van der Waals surface area contributed by atoms with Crippen molar-refractivity contribution < 1.29 is 0 Å². The summed E-state index contributed by atoms with van der Waals surface area (Å²) in [6, 6.07) is 26.7. The van der Waals surface area contributed by atoms with Gasteiger partial charge in [0.2, 0.25) is 0 Å². The first-order valence-corrected chi connectivity index (χ1v) is 9.43. The molecule has 4 aromatic rings. The van der Waals surface area contributed by atoms with Crippen molar-refractivity contribution in [3.8, 4) is 11.1 Å². The quantitative estimate of drug-likeness (QED) is 0.313. The van der Waals surface area contributed by atoms with Gasteiger partial charge in [0.15, 0.2) is 0 Å². The molecule has 0 radical (unpaired) electrons. The van der Waals surface area contributed by atoms with Gasteiger partial charge in [-0.15, -0.1) is 0 Å². The molecule has 0 heterocycles. The van der Waals surface area contributed by atoms with Crippen LogP contribution in [-0.2, 0) is 5.41 Å². The zero-order valence-corrected chi connectivity index (χ0v) is 16.4. The molecule has 0 fully saturated rings. The molecule has 0 saturated carbocycles. The zero-order valence-electron chi connectivity index (χ0n) is 14.8. The summed E-state index contributed by atoms with van der Waals surface area (Å²) in [5, 5.41) is 5.12. The van der Waals surface area contributed by atoms with E-state index in [1.807, 2.05) is 0 Å². The SMILES string of the molecule is CC(C)(C)c1ccc2cc(-c3ccc4cc(Br)ccc4c3)ccc2c1. The monoisotopic (exact) mass is 388 g/mol. The van der Waals surface area contributed by atoms with Gasteiger partial charge in [0.1, 0.15) is 0 Å². The molecule has 4 rings (SSSR count). The van der Waals surface area contributed by atoms with Crippen LogP contribution in [0.1, 0.15) is 26.3 Å². The third-order valence-electron chi connectivity index (χ3n) is 4.84. The molecule has 0 unspecified atom stereocenters. The average Bonchev–Trinajstić information content (AvgIpc) is 2.59. The van der Waals surface area contributed by atoms with E-state index in [2.05, 4.69) is 109 Å². The van der Waals surface area contributed by atoms with E-state index in [1.165, 1.54) is 38.2 Å². The van der Waals surface area contributed by atoms with Gasteiger partial charge < -0.3 is 0 Å². The van der Waals surface area contributed by atoms with Crippen molar-refractivity contribution >= 4 is 37.5 Å². The van der Waals surface area contributed by atoms with Crippen molar-refractivity contribution in [3.05, 3.63) is 82.8 Å². The number of rotatable bonds is 1. The number of hydrogen-bond donors (Lipinski definition) is 0. The number of halogens is 1. The van der Waals surface area contributed by atoms with Crippen LogP contribution in [0, 0.1) is 0 Å². The number of benzene rings is 4. The molecular weight excluding hydrogens is 368 g/mol. The van der Waals surface area contributed by atoms with Crippen molar-refractivity contribution in [3.63, 3.8) is 0 Å². The Bertz CT molecular complexity index is 1080. The molecule has 0 N–H and O–H groups in total. The first kappa shape index (κ1) is 16.4. The van der Waals surface area contributed by atoms with Crippen molar-refractivity contribution in [1.82, 2.24) is 0 Å². The zero-order chi connectivity index (χ0) is 17.6. The molecule has 0 aliphatic carbocycles. The molecule has 124 valence electrons. The molecular formula is C24H21Br. The molecule has 1 heteroatoms. The first-order valence-electron chi connectivity index (χ1n) is 8.64. The highest BCUT2D eigenvalue weighted by Crippen LogP contribution is 2.31. The second kappa shape index (κ2) is 6.00. The predicted octanol–water partition coefficient (Wildman–Crippen LogP) is 7.72. The molecule has 0 spiro atoms. The van der Waals surface area contributed by atoms with E-state index in [0.717, 1.165) is 4.47 Å². The summed E-state index contributed by atoms with van der Waals surface area (Å²) in [6.07, 6.45) is 0. The lowest BCUT2D eigenvalue weighted by Gasteiger charge is -2.19. The lowest BCUT2D eigenvalue weighted by atomic mass is 9.85. The predicted molar refractivity (Wildman–Crippen MR) is 113 cm³/mol. The first-order chi connectivity index (χ1) is 11.9. The van der Waals surface area contributed by atoms with Gasteiger partial charge in [-0.25, -0.2) is 0 Å². The van der Waals surface area contributed by atoms with Gasteiger partial charge in [0, 0.05) is 4.47 Å². The van der Waals surface area contributed by atoms with Crippen LogP contribution in [0.15, 0.2) is 77.3 Å². The lowest BCUT2D eigenvalue weighted by molar-refractivity contribution is 0.591. The summed E-state index contributed by atoms with van der Waals surface area (Å²) >= 11 is 3.54. The summed E-state index contributed by atoms with van der Waals surface area (Å²) in [7, 11) is 0. The molecule has 4 aromatic carbocycles. The van der Waals surface area contributed by atoms with Gasteiger partial charge in [0.05, 0.1) is 0 Å². The maximum atomic E-state index is 3.54. The van der Waals surface area contributed by atoms with Gasteiger partial charge >= 0.3 is 0 Å². The summed E-state index contributed by atoms with van der Waals surface area (Å²) in [6.45, 7) is 6.78. The Morgan fingerprint density at radius 1 is 0.560 bits per heavy atom. The summed E-state index contributed by atoms with van der Waals surface area (Å²) in [4.78, 5) is 0. The van der Waals surface area contributed by atoms with E-state index in [-0.39, 0.29) is 5.41 Å². The van der Waals surface area contributed by atoms with Crippen LogP contribution >= 0.6 is 15.9 Å². The van der Waals surface area contributed by atoms with Gasteiger partial charge in [-0.05, 0) is 67.9 Å². The Morgan fingerprint density at radius 3 is 1.64 bits per heavy atom. The van der Waals surface area contributed by atoms with Crippen LogP contribution in [0.5, 0.6) is 0 Å². The Labute approximate surface area is 157 Å². The molecule has 0 bridgehead atoms. The highest BCUT2D eigenvalue weighted by Gasteiger charge is 2.13. The third-order valence-corrected chi connectivity index (χ3v) is 5.34. The summed E-state index contributed by atoms with van der Waals surface area (Å²) in [5.41, 5.74) is 4.08. The van der Waals surface area contributed by atoms with Crippen LogP contribution in [0.2, 0.25) is 0 Å². The van der Waals surface area contributed by atoms with Crippen LogP contribution in [0.25, 0.3) is 32.7 Å². The molecule has 0 amide bonds. The van der Waals surface area contributed by atoms with E-state index in [1.54, 1.807) is 0 Å². The van der Waals surface area contributed by atoms with Crippen molar-refractivity contribution in [1.29, 1.82) is 0 Å². The van der Waals surface area contributed by atoms with Gasteiger partial charge in [-0.2, -0.15) is 0 Å². The maximum Gasteiger partial charge on any atom is 0.0181 e. The van der Waals surface area contributed by atoms with Crippen LogP contribution in [0.3, 0.4) is 0 Å². The fourth-order valence-electron chi connectivity index (χ4n) is 3.29. The Kier molecular flexibility index (Phi) is 3.92. The maximum absolute atomic E-state index is 3.54. The largest absolute Gasteiger partial charge is 0.0579 e. The van der Waals surface area contributed by atoms with Crippen LogP contribution < -0.4 is 0 Å². The highest BCUT2D eigenvalue weighted by molar-refractivity contribution is 9.10. The average molecular weight is 389 g/mol. The standard InChI is InChI=1S/C24H21Br/c1-24(2,3)22-10-8-18-12-16(4-6-20(18)14-22)17-5-7-21-15-23(25)11-9-19(21)13-17/h4-15H,1-3H3. The Balaban J connectivity index is 1.80. The van der Waals surface area contributed by atoms with Crippen molar-refractivity contribution in [2.75, 3.05) is 0 Å². The number of hydrogen-bond acceptors (Lipinski definition) is 0. The van der Waals surface area contributed by atoms with Crippen LogP contribution in [-0.4, -0.2) is 0 Å². The normalized spacial score (nSPS) is 12.0. The molecule has 25 heavy (non-hydrogen) atoms. The highest BCUT2D eigenvalue weighted by atomic mass is 79.9. The Hall–Kier alpha value is -2.12. The minimum atomic E-state index is 0.180. The van der Waals surface area contributed by atoms with Crippen molar-refractivity contribution in [2.24, 2.45) is 0 Å². The van der Waals surface area contributed by atoms with E-state index in [9.17, 15) is 0 Å². The summed E-state index contributed by atoms with van der Waals surface area (Å²) < 4.78 is 1.12. The molecule has 0 atom stereocenters. The second-order valence-corrected chi connectivity index (χ2v) is 8.65. The fraction of sp³-hybridized carbons (Fsp3) is 0.167. The molecule has 0 aliphatic rings. The van der Waals surface area contributed by atoms with Gasteiger partial charge in [0.25, 0.3) is 0 Å². The lowest BCUT2D eigenvalue weighted by Crippen LogP contribution is -2.10. The van der Waals surface area contributed by atoms with Crippen molar-refractivity contribution in [2.45, 2.75) is 26.2 Å². The van der Waals surface area contributed by atoms with E-state index in [0.29, 0.717) is 0 Å². The van der Waals surface area contributed by atoms with Crippen LogP contribution in [0.4, 0.5) is 0 Å². The summed E-state index contributed by atoms with van der Waals surface area (Å²) in [5.74, 6) is 0. The topological polar surface area (TPSA) is 0 Å². The minimum Gasteiger partial charge on any atom is -0.0579 e. The molecule has 0 aromatic heterocycles. The smallest absolute Gasteiger partial charge is 0.0181 e. The van der Waals surface area contributed by atoms with Gasteiger partial charge in [-0.1, -0.05) is 85.2 Å². The Morgan fingerprint density at radius 2 is 1.04 bits per heavy atom. The molecule has 0 saturated heterocycles. The van der Waals surface area contributed by atoms with E-state index < -0.39 is 0 Å². The van der Waals surface area contributed by atoms with E-state index >= 15 is 0 Å². The number of fused-ring (bicyclic) bond motifs is 2. The second-order valence-electron chi connectivity index (χ2n) is 7.73.